The summed E-state index contributed by atoms with van der Waals surface area (Å²) in [6, 6.07) is 11.4. The third-order valence-corrected chi connectivity index (χ3v) is 2.90. The van der Waals surface area contributed by atoms with Gasteiger partial charge in [0, 0.05) is 0 Å². The van der Waals surface area contributed by atoms with Gasteiger partial charge in [-0.2, -0.15) is 0 Å². The summed E-state index contributed by atoms with van der Waals surface area (Å²) in [5.74, 6) is -0.276. The number of carbonyl (C=O) groups excluding carboxylic acids is 2. The van der Waals surface area contributed by atoms with Crippen LogP contribution in [0.25, 0.3) is 0 Å². The quantitative estimate of drug-likeness (QED) is 0.675. The zero-order valence-electron chi connectivity index (χ0n) is 11.4. The summed E-state index contributed by atoms with van der Waals surface area (Å²) in [7, 11) is 1.31. The smallest absolute Gasteiger partial charge is 0.337 e. The fourth-order valence-electron chi connectivity index (χ4n) is 1.84. The molecule has 5 heteroatoms. The molecule has 0 aliphatic carbocycles. The van der Waals surface area contributed by atoms with Gasteiger partial charge in [0.2, 0.25) is 0 Å². The molecule has 0 atom stereocenters. The van der Waals surface area contributed by atoms with Crippen LogP contribution in [0.5, 0.6) is 11.5 Å². The van der Waals surface area contributed by atoms with Crippen LogP contribution >= 0.6 is 0 Å². The first kappa shape index (κ1) is 14.6. The molecule has 1 N–H and O–H groups in total. The van der Waals surface area contributed by atoms with E-state index in [2.05, 4.69) is 4.74 Å². The molecule has 108 valence electrons. The molecule has 0 fully saturated rings. The zero-order chi connectivity index (χ0) is 15.2. The molecule has 5 nitrogen and oxygen atoms in total. The van der Waals surface area contributed by atoms with E-state index >= 15 is 0 Å². The van der Waals surface area contributed by atoms with Gasteiger partial charge in [-0.05, 0) is 29.8 Å². The van der Waals surface area contributed by atoms with Crippen LogP contribution in [0.4, 0.5) is 0 Å². The largest absolute Gasteiger partial charge is 0.507 e. The van der Waals surface area contributed by atoms with E-state index in [1.165, 1.54) is 13.2 Å². The predicted molar refractivity (Wildman–Crippen MR) is 75.6 cm³/mol. The Labute approximate surface area is 121 Å². The van der Waals surface area contributed by atoms with Crippen molar-refractivity contribution in [1.82, 2.24) is 0 Å². The van der Waals surface area contributed by atoms with Crippen LogP contribution in [0, 0.1) is 0 Å². The van der Waals surface area contributed by atoms with Gasteiger partial charge in [-0.25, -0.2) is 4.79 Å². The maximum Gasteiger partial charge on any atom is 0.337 e. The van der Waals surface area contributed by atoms with Gasteiger partial charge in [-0.3, -0.25) is 4.79 Å². The fraction of sp³-hybridized carbons (Fsp3) is 0.125. The Morgan fingerprint density at radius 1 is 1.24 bits per heavy atom. The molecule has 2 aromatic carbocycles. The zero-order valence-corrected chi connectivity index (χ0v) is 11.4. The number of aromatic hydroxyl groups is 1. The summed E-state index contributed by atoms with van der Waals surface area (Å²) in [5, 5.41) is 9.56. The van der Waals surface area contributed by atoms with Crippen LogP contribution < -0.4 is 4.74 Å². The average Bonchev–Trinajstić information content (AvgIpc) is 2.52. The first-order valence-electron chi connectivity index (χ1n) is 6.23. The van der Waals surface area contributed by atoms with Crippen LogP contribution in [0.15, 0.2) is 42.5 Å². The molecule has 0 bridgehead atoms. The number of phenolic OH excluding ortho intramolecular Hbond substituents is 1. The second kappa shape index (κ2) is 6.56. The Morgan fingerprint density at radius 2 is 2.00 bits per heavy atom. The van der Waals surface area contributed by atoms with E-state index in [4.69, 9.17) is 4.74 Å². The van der Waals surface area contributed by atoms with Gasteiger partial charge in [-0.1, -0.05) is 18.2 Å². The number of hydrogen-bond donors (Lipinski definition) is 1. The van der Waals surface area contributed by atoms with E-state index in [1.54, 1.807) is 36.4 Å². The summed E-state index contributed by atoms with van der Waals surface area (Å²) in [6.07, 6.45) is 0.537. The highest BCUT2D eigenvalue weighted by Gasteiger charge is 2.09. The van der Waals surface area contributed by atoms with Crippen LogP contribution in [0.3, 0.4) is 0 Å². The van der Waals surface area contributed by atoms with Crippen molar-refractivity contribution in [2.75, 3.05) is 7.11 Å². The number of methoxy groups -OCH3 is 1. The number of carbonyl (C=O) groups is 2. The summed E-state index contributed by atoms with van der Waals surface area (Å²) in [4.78, 5) is 22.4. The van der Waals surface area contributed by atoms with Crippen molar-refractivity contribution >= 4 is 12.3 Å². The van der Waals surface area contributed by atoms with E-state index in [0.717, 1.165) is 5.56 Å². The summed E-state index contributed by atoms with van der Waals surface area (Å²) in [6.45, 7) is 0.162. The lowest BCUT2D eigenvalue weighted by Crippen LogP contribution is -2.03. The van der Waals surface area contributed by atoms with E-state index in [9.17, 15) is 14.7 Å². The van der Waals surface area contributed by atoms with E-state index in [-0.39, 0.29) is 23.7 Å². The topological polar surface area (TPSA) is 72.8 Å². The minimum atomic E-state index is -0.428. The highest BCUT2D eigenvalue weighted by Crippen LogP contribution is 2.26. The molecule has 0 aromatic heterocycles. The molecule has 2 aromatic rings. The van der Waals surface area contributed by atoms with Crippen molar-refractivity contribution in [3.05, 3.63) is 59.2 Å². The van der Waals surface area contributed by atoms with Gasteiger partial charge in [0.05, 0.1) is 18.2 Å². The maximum atomic E-state index is 11.4. The van der Waals surface area contributed by atoms with Crippen LogP contribution in [-0.2, 0) is 11.3 Å². The molecule has 0 amide bonds. The van der Waals surface area contributed by atoms with E-state index in [0.29, 0.717) is 11.8 Å². The highest BCUT2D eigenvalue weighted by atomic mass is 16.5. The predicted octanol–water partition coefficient (Wildman–Crippen LogP) is 2.57. The number of esters is 1. The van der Waals surface area contributed by atoms with Gasteiger partial charge in [-0.15, -0.1) is 0 Å². The normalized spacial score (nSPS) is 9.95. The molecule has 0 radical (unpaired) electrons. The number of aldehydes is 1. The minimum absolute atomic E-state index is 0.0987. The Morgan fingerprint density at radius 3 is 2.71 bits per heavy atom. The average molecular weight is 286 g/mol. The third kappa shape index (κ3) is 3.39. The number of ether oxygens (including phenoxy) is 2. The molecule has 0 heterocycles. The Kier molecular flexibility index (Phi) is 4.56. The summed E-state index contributed by atoms with van der Waals surface area (Å²) in [5.41, 5.74) is 1.27. The monoisotopic (exact) mass is 286 g/mol. The first-order valence-corrected chi connectivity index (χ1v) is 6.23. The SMILES string of the molecule is COC(=O)c1cccc(COc2cccc(O)c2C=O)c1. The summed E-state index contributed by atoms with van der Waals surface area (Å²) < 4.78 is 10.2. The molecule has 0 saturated heterocycles. The van der Waals surface area contributed by atoms with Gasteiger partial charge in [0.1, 0.15) is 18.1 Å². The van der Waals surface area contributed by atoms with Gasteiger partial charge in [0.15, 0.2) is 6.29 Å². The molecule has 0 saturated carbocycles. The second-order valence-corrected chi connectivity index (χ2v) is 4.29. The number of rotatable bonds is 5. The molecule has 0 unspecified atom stereocenters. The summed E-state index contributed by atoms with van der Waals surface area (Å²) >= 11 is 0. The van der Waals surface area contributed by atoms with Crippen LogP contribution in [0.1, 0.15) is 26.3 Å². The lowest BCUT2D eigenvalue weighted by molar-refractivity contribution is 0.0600. The highest BCUT2D eigenvalue weighted by molar-refractivity contribution is 5.89. The molecule has 0 aliphatic rings. The van der Waals surface area contributed by atoms with E-state index in [1.807, 2.05) is 0 Å². The van der Waals surface area contributed by atoms with Crippen molar-refractivity contribution in [2.24, 2.45) is 0 Å². The van der Waals surface area contributed by atoms with Gasteiger partial charge in [0.25, 0.3) is 0 Å². The van der Waals surface area contributed by atoms with Gasteiger partial charge < -0.3 is 14.6 Å². The molecule has 0 spiro atoms. The molecule has 21 heavy (non-hydrogen) atoms. The first-order chi connectivity index (χ1) is 10.2. The third-order valence-electron chi connectivity index (χ3n) is 2.90. The Hall–Kier alpha value is -2.82. The van der Waals surface area contributed by atoms with Crippen molar-refractivity contribution in [1.29, 1.82) is 0 Å². The Bertz CT molecular complexity index is 663. The van der Waals surface area contributed by atoms with E-state index < -0.39 is 5.97 Å². The van der Waals surface area contributed by atoms with Crippen molar-refractivity contribution in [2.45, 2.75) is 6.61 Å². The Balaban J connectivity index is 2.15. The lowest BCUT2D eigenvalue weighted by atomic mass is 10.1. The van der Waals surface area contributed by atoms with Crippen molar-refractivity contribution < 1.29 is 24.2 Å². The fourth-order valence-corrected chi connectivity index (χ4v) is 1.84. The van der Waals surface area contributed by atoms with Crippen molar-refractivity contribution in [3.8, 4) is 11.5 Å². The second-order valence-electron chi connectivity index (χ2n) is 4.29. The van der Waals surface area contributed by atoms with Gasteiger partial charge >= 0.3 is 5.97 Å². The molecule has 2 rings (SSSR count). The van der Waals surface area contributed by atoms with Crippen LogP contribution in [0.2, 0.25) is 0 Å². The molecular weight excluding hydrogens is 272 g/mol. The number of phenols is 1. The minimum Gasteiger partial charge on any atom is -0.507 e. The van der Waals surface area contributed by atoms with Crippen molar-refractivity contribution in [3.63, 3.8) is 0 Å². The standard InChI is InChI=1S/C16H14O5/c1-20-16(19)12-5-2-4-11(8-12)10-21-15-7-3-6-14(18)13(15)9-17/h2-9,18H,10H2,1H3. The maximum absolute atomic E-state index is 11.4. The number of benzene rings is 2. The van der Waals surface area contributed by atoms with Crippen LogP contribution in [-0.4, -0.2) is 24.5 Å². The lowest BCUT2D eigenvalue weighted by Gasteiger charge is -2.10. The molecular formula is C16H14O5. The molecule has 0 aliphatic heterocycles. The number of hydrogen-bond acceptors (Lipinski definition) is 5.